The number of rotatable bonds is 8. The lowest BCUT2D eigenvalue weighted by Crippen LogP contribution is -2.59. The van der Waals surface area contributed by atoms with Gasteiger partial charge in [-0.15, -0.1) is 0 Å². The highest BCUT2D eigenvalue weighted by Gasteiger charge is 2.67. The van der Waals surface area contributed by atoms with Gasteiger partial charge >= 0.3 is 0 Å². The third-order valence-corrected chi connectivity index (χ3v) is 9.20. The zero-order valence-electron chi connectivity index (χ0n) is 20.3. The second kappa shape index (κ2) is 10.2. The van der Waals surface area contributed by atoms with Crippen LogP contribution in [0.15, 0.2) is 12.1 Å². The zero-order chi connectivity index (χ0) is 23.6. The van der Waals surface area contributed by atoms with Gasteiger partial charge in [0.2, 0.25) is 5.82 Å². The summed E-state index contributed by atoms with van der Waals surface area (Å²) in [5.41, 5.74) is -0.282. The average Bonchev–Trinajstić information content (AvgIpc) is 2.81. The van der Waals surface area contributed by atoms with Gasteiger partial charge in [0.15, 0.2) is 11.6 Å². The Morgan fingerprint density at radius 3 is 2.12 bits per heavy atom. The van der Waals surface area contributed by atoms with Crippen molar-refractivity contribution in [2.75, 3.05) is 6.61 Å². The summed E-state index contributed by atoms with van der Waals surface area (Å²) in [6.07, 6.45) is 11.2. The maximum atomic E-state index is 15.2. The predicted octanol–water partition coefficient (Wildman–Crippen LogP) is 9.05. The molecule has 186 valence electrons. The molecule has 1 unspecified atom stereocenters. The molecule has 1 atom stereocenters. The van der Waals surface area contributed by atoms with Crippen LogP contribution < -0.4 is 4.74 Å². The number of benzene rings is 1. The fourth-order valence-electron chi connectivity index (χ4n) is 7.11. The predicted molar refractivity (Wildman–Crippen MR) is 124 cm³/mol. The van der Waals surface area contributed by atoms with Crippen LogP contribution >= 0.6 is 0 Å². The van der Waals surface area contributed by atoms with Crippen molar-refractivity contribution in [2.24, 2.45) is 23.2 Å². The number of alkyl halides is 2. The van der Waals surface area contributed by atoms with Crippen molar-refractivity contribution >= 4 is 0 Å². The van der Waals surface area contributed by atoms with Crippen LogP contribution in [0.4, 0.5) is 17.6 Å². The Morgan fingerprint density at radius 1 is 0.848 bits per heavy atom. The van der Waals surface area contributed by atoms with E-state index in [-0.39, 0.29) is 11.7 Å². The molecule has 33 heavy (non-hydrogen) atoms. The second-order valence-corrected chi connectivity index (χ2v) is 11.0. The van der Waals surface area contributed by atoms with E-state index >= 15 is 8.78 Å². The highest BCUT2D eigenvalue weighted by molar-refractivity contribution is 5.33. The van der Waals surface area contributed by atoms with Gasteiger partial charge in [0.25, 0.3) is 5.92 Å². The van der Waals surface area contributed by atoms with E-state index in [2.05, 4.69) is 6.92 Å². The molecule has 5 heteroatoms. The van der Waals surface area contributed by atoms with Crippen molar-refractivity contribution in [1.82, 2.24) is 0 Å². The monoisotopic (exact) mass is 468 g/mol. The Hall–Kier alpha value is -1.26. The van der Waals surface area contributed by atoms with Gasteiger partial charge in [0.05, 0.1) is 6.61 Å². The van der Waals surface area contributed by atoms with Crippen LogP contribution in [0.2, 0.25) is 0 Å². The van der Waals surface area contributed by atoms with Gasteiger partial charge in [-0.1, -0.05) is 25.8 Å². The molecule has 3 saturated carbocycles. The summed E-state index contributed by atoms with van der Waals surface area (Å²) in [6.45, 7) is 4.21. The molecule has 0 radical (unpaired) electrons. The Kier molecular flexibility index (Phi) is 7.65. The first kappa shape index (κ1) is 24.9. The number of halogens is 4. The molecule has 3 aliphatic carbocycles. The molecule has 1 aromatic carbocycles. The van der Waals surface area contributed by atoms with Crippen LogP contribution in [0.25, 0.3) is 0 Å². The summed E-state index contributed by atoms with van der Waals surface area (Å²) in [5, 5.41) is 0. The molecule has 3 fully saturated rings. The molecule has 1 aromatic rings. The highest BCUT2D eigenvalue weighted by Crippen LogP contribution is 2.66. The van der Waals surface area contributed by atoms with Gasteiger partial charge in [-0.3, -0.25) is 0 Å². The Morgan fingerprint density at radius 2 is 1.52 bits per heavy atom. The van der Waals surface area contributed by atoms with Gasteiger partial charge in [0, 0.05) is 11.3 Å². The van der Waals surface area contributed by atoms with Crippen LogP contribution in [0.3, 0.4) is 0 Å². The van der Waals surface area contributed by atoms with Gasteiger partial charge in [0.1, 0.15) is 0 Å². The summed E-state index contributed by atoms with van der Waals surface area (Å²) in [7, 11) is 0. The smallest absolute Gasteiger partial charge is 0.256 e. The van der Waals surface area contributed by atoms with E-state index in [1.165, 1.54) is 12.5 Å². The topological polar surface area (TPSA) is 9.23 Å². The minimum atomic E-state index is -2.51. The molecule has 1 nitrogen and oxygen atoms in total. The van der Waals surface area contributed by atoms with E-state index in [1.54, 1.807) is 13.0 Å². The summed E-state index contributed by atoms with van der Waals surface area (Å²) in [4.78, 5) is 0. The molecule has 0 N–H and O–H groups in total. The summed E-state index contributed by atoms with van der Waals surface area (Å²) in [6, 6.07) is 3.17. The average molecular weight is 469 g/mol. The minimum Gasteiger partial charge on any atom is -0.491 e. The maximum absolute atomic E-state index is 15.2. The molecule has 0 aromatic heterocycles. The second-order valence-electron chi connectivity index (χ2n) is 11.0. The molecular formula is C28H40F4O. The highest BCUT2D eigenvalue weighted by atomic mass is 19.3. The van der Waals surface area contributed by atoms with E-state index in [4.69, 9.17) is 4.74 Å². The van der Waals surface area contributed by atoms with Crippen molar-refractivity contribution in [2.45, 2.75) is 109 Å². The van der Waals surface area contributed by atoms with E-state index in [1.807, 2.05) is 0 Å². The fraction of sp³-hybridized carbons (Fsp3) is 0.786. The molecule has 3 aliphatic rings. The lowest BCUT2D eigenvalue weighted by atomic mass is 9.50. The zero-order valence-corrected chi connectivity index (χ0v) is 20.3. The third-order valence-electron chi connectivity index (χ3n) is 9.20. The van der Waals surface area contributed by atoms with Crippen molar-refractivity contribution in [1.29, 1.82) is 0 Å². The SMILES string of the molecule is CCCC1CCC2(CC1)CC(CC[C@H]1CC[C@H](c3ccc(OCC)c(F)c3F)CC1)C2(F)F. The Labute approximate surface area is 196 Å². The molecular weight excluding hydrogens is 428 g/mol. The van der Waals surface area contributed by atoms with Crippen molar-refractivity contribution < 1.29 is 22.3 Å². The lowest BCUT2D eigenvalue weighted by Gasteiger charge is -2.58. The first-order valence-electron chi connectivity index (χ1n) is 13.3. The first-order valence-corrected chi connectivity index (χ1v) is 13.3. The molecule has 0 heterocycles. The van der Waals surface area contributed by atoms with Crippen molar-refractivity contribution in [3.05, 3.63) is 29.3 Å². The number of hydrogen-bond donors (Lipinski definition) is 0. The largest absolute Gasteiger partial charge is 0.491 e. The lowest BCUT2D eigenvalue weighted by molar-refractivity contribution is -0.267. The van der Waals surface area contributed by atoms with Crippen LogP contribution in [0.1, 0.15) is 109 Å². The van der Waals surface area contributed by atoms with E-state index in [9.17, 15) is 8.78 Å². The molecule has 1 spiro atoms. The maximum Gasteiger partial charge on any atom is 0.256 e. The standard InChI is InChI=1S/C28H40F4O/c1-3-5-19-14-16-27(17-15-19)18-22(28(27,31)32)11-8-20-6-9-21(10-7-20)23-12-13-24(33-4-2)26(30)25(23)29/h12-13,19-22H,3-11,14-18H2,1-2H3/t19?,20-,21-,22?,27?. The van der Waals surface area contributed by atoms with Crippen molar-refractivity contribution in [3.63, 3.8) is 0 Å². The summed E-state index contributed by atoms with van der Waals surface area (Å²) < 4.78 is 64.3. The number of hydrogen-bond acceptors (Lipinski definition) is 1. The van der Waals surface area contributed by atoms with Gasteiger partial charge in [-0.05, 0) is 107 Å². The Balaban J connectivity index is 1.24. The van der Waals surface area contributed by atoms with Crippen molar-refractivity contribution in [3.8, 4) is 5.75 Å². The fourth-order valence-corrected chi connectivity index (χ4v) is 7.11. The summed E-state index contributed by atoms with van der Waals surface area (Å²) >= 11 is 0. The van der Waals surface area contributed by atoms with E-state index in [0.717, 1.165) is 51.4 Å². The van der Waals surface area contributed by atoms with E-state index < -0.39 is 28.9 Å². The van der Waals surface area contributed by atoms with Gasteiger partial charge in [-0.25, -0.2) is 13.2 Å². The van der Waals surface area contributed by atoms with Crippen LogP contribution in [0.5, 0.6) is 5.75 Å². The first-order chi connectivity index (χ1) is 15.8. The van der Waals surface area contributed by atoms with Gasteiger partial charge < -0.3 is 4.74 Å². The molecule has 0 aliphatic heterocycles. The minimum absolute atomic E-state index is 0.00172. The van der Waals surface area contributed by atoms with E-state index in [0.29, 0.717) is 49.7 Å². The molecule has 0 amide bonds. The molecule has 4 rings (SSSR count). The quantitative estimate of drug-likeness (QED) is 0.346. The van der Waals surface area contributed by atoms with Gasteiger partial charge in [-0.2, -0.15) is 4.39 Å². The summed E-state index contributed by atoms with van der Waals surface area (Å²) in [5.74, 6) is -3.63. The normalized spacial score (nSPS) is 33.6. The molecule has 0 saturated heterocycles. The van der Waals surface area contributed by atoms with Crippen LogP contribution in [-0.2, 0) is 0 Å². The molecule has 0 bridgehead atoms. The Bertz CT molecular complexity index is 791. The third kappa shape index (κ3) is 4.80. The number of ether oxygens (including phenoxy) is 1. The van der Waals surface area contributed by atoms with Crippen LogP contribution in [-0.4, -0.2) is 12.5 Å². The van der Waals surface area contributed by atoms with Crippen LogP contribution in [0, 0.1) is 34.8 Å².